The number of hydrogen-bond donors (Lipinski definition) is 0. The second kappa shape index (κ2) is 5.66. The number of hydrogen-bond acceptors (Lipinski definition) is 2. The summed E-state index contributed by atoms with van der Waals surface area (Å²) in [5.41, 5.74) is 2.62. The van der Waals surface area contributed by atoms with Gasteiger partial charge in [-0.1, -0.05) is 42.0 Å². The maximum atomic E-state index is 2.39. The second-order valence-corrected chi connectivity index (χ2v) is 9.22. The van der Waals surface area contributed by atoms with Crippen molar-refractivity contribution in [2.75, 3.05) is 0 Å². The zero-order chi connectivity index (χ0) is 18.0. The van der Waals surface area contributed by atoms with E-state index >= 15 is 0 Å². The number of thiophene rings is 2. The van der Waals surface area contributed by atoms with Crippen LogP contribution >= 0.6 is 22.7 Å². The Morgan fingerprint density at radius 3 is 2.22 bits per heavy atom. The van der Waals surface area contributed by atoms with Crippen LogP contribution in [0.3, 0.4) is 0 Å². The van der Waals surface area contributed by atoms with Gasteiger partial charge in [-0.3, -0.25) is 0 Å². The summed E-state index contributed by atoms with van der Waals surface area (Å²) in [4.78, 5) is 1.34. The fourth-order valence-corrected chi connectivity index (χ4v) is 5.88. The Balaban J connectivity index is 1.65. The molecule has 4 aromatic carbocycles. The third-order valence-corrected chi connectivity index (χ3v) is 7.37. The first-order chi connectivity index (χ1) is 13.2. The van der Waals surface area contributed by atoms with Crippen LogP contribution in [0.1, 0.15) is 5.56 Å². The number of aryl methyl sites for hydroxylation is 1. The molecule has 2 aromatic heterocycles. The summed E-state index contributed by atoms with van der Waals surface area (Å²) in [6.45, 7) is 2.16. The Labute approximate surface area is 165 Å². The standard InChI is InChI=1S/C25H16S2/c1-15-3-2-4-18(9-15)24-12-20-11-17-6-5-16-10-19-7-8-26-23(19)13-21(16)22(17)14-25(20)27-24/h2-14H,1H3. The Bertz CT molecular complexity index is 1480. The molecule has 27 heavy (non-hydrogen) atoms. The van der Waals surface area contributed by atoms with Crippen molar-refractivity contribution in [1.29, 1.82) is 0 Å². The zero-order valence-electron chi connectivity index (χ0n) is 14.8. The van der Waals surface area contributed by atoms with Crippen LogP contribution in [-0.4, -0.2) is 0 Å². The molecule has 0 saturated heterocycles. The molecule has 0 fully saturated rings. The minimum Gasteiger partial charge on any atom is -0.144 e. The van der Waals surface area contributed by atoms with Gasteiger partial charge in [0.2, 0.25) is 0 Å². The summed E-state index contributed by atoms with van der Waals surface area (Å²) in [5.74, 6) is 0. The van der Waals surface area contributed by atoms with Gasteiger partial charge < -0.3 is 0 Å². The molecule has 0 aliphatic rings. The molecule has 0 N–H and O–H groups in total. The summed E-state index contributed by atoms with van der Waals surface area (Å²) in [5, 5.41) is 10.2. The molecule has 0 radical (unpaired) electrons. The van der Waals surface area contributed by atoms with Crippen LogP contribution in [0.2, 0.25) is 0 Å². The lowest BCUT2D eigenvalue weighted by atomic mass is 10.00. The van der Waals surface area contributed by atoms with Gasteiger partial charge in [-0.25, -0.2) is 0 Å². The van der Waals surface area contributed by atoms with E-state index in [1.54, 1.807) is 0 Å². The predicted molar refractivity (Wildman–Crippen MR) is 122 cm³/mol. The molecule has 0 saturated carbocycles. The van der Waals surface area contributed by atoms with Gasteiger partial charge in [-0.05, 0) is 86.6 Å². The largest absolute Gasteiger partial charge is 0.144 e. The first kappa shape index (κ1) is 15.4. The molecule has 2 heterocycles. The highest BCUT2D eigenvalue weighted by molar-refractivity contribution is 7.22. The van der Waals surface area contributed by atoms with E-state index in [2.05, 4.69) is 85.1 Å². The van der Waals surface area contributed by atoms with Crippen LogP contribution in [0, 0.1) is 6.92 Å². The zero-order valence-corrected chi connectivity index (χ0v) is 16.5. The van der Waals surface area contributed by atoms with Crippen LogP contribution in [0.4, 0.5) is 0 Å². The van der Waals surface area contributed by atoms with Crippen molar-refractivity contribution >= 4 is 64.4 Å². The summed E-state index contributed by atoms with van der Waals surface area (Å²) >= 11 is 3.71. The Kier molecular flexibility index (Phi) is 3.22. The van der Waals surface area contributed by atoms with Gasteiger partial charge in [0.15, 0.2) is 0 Å². The third kappa shape index (κ3) is 2.41. The fourth-order valence-electron chi connectivity index (χ4n) is 3.99. The van der Waals surface area contributed by atoms with E-state index in [0.29, 0.717) is 0 Å². The summed E-state index contributed by atoms with van der Waals surface area (Å²) in [7, 11) is 0. The molecular weight excluding hydrogens is 364 g/mol. The van der Waals surface area contributed by atoms with Crippen molar-refractivity contribution in [2.24, 2.45) is 0 Å². The molecule has 0 nitrogen and oxygen atoms in total. The van der Waals surface area contributed by atoms with Gasteiger partial charge in [0.25, 0.3) is 0 Å². The molecule has 0 amide bonds. The SMILES string of the molecule is Cc1cccc(-c2cc3cc4ccc5cc6ccsc6cc5c4cc3s2)c1. The molecule has 6 aromatic rings. The lowest BCUT2D eigenvalue weighted by molar-refractivity contribution is 1.48. The van der Waals surface area contributed by atoms with E-state index < -0.39 is 0 Å². The molecular formula is C25H16S2. The van der Waals surface area contributed by atoms with Crippen molar-refractivity contribution in [3.63, 3.8) is 0 Å². The topological polar surface area (TPSA) is 0 Å². The van der Waals surface area contributed by atoms with E-state index in [1.807, 2.05) is 22.7 Å². The summed E-state index contributed by atoms with van der Waals surface area (Å²) < 4.78 is 2.72. The van der Waals surface area contributed by atoms with Gasteiger partial charge >= 0.3 is 0 Å². The van der Waals surface area contributed by atoms with Gasteiger partial charge in [-0.2, -0.15) is 0 Å². The maximum absolute atomic E-state index is 2.39. The highest BCUT2D eigenvalue weighted by Gasteiger charge is 2.09. The van der Waals surface area contributed by atoms with Crippen molar-refractivity contribution in [2.45, 2.75) is 6.92 Å². The normalized spacial score (nSPS) is 11.9. The molecule has 6 rings (SSSR count). The first-order valence-electron chi connectivity index (χ1n) is 9.09. The average molecular weight is 381 g/mol. The Hall–Kier alpha value is -2.68. The molecule has 0 unspecified atom stereocenters. The highest BCUT2D eigenvalue weighted by Crippen LogP contribution is 2.39. The molecule has 2 heteroatoms. The molecule has 0 atom stereocenters. The average Bonchev–Trinajstić information content (AvgIpc) is 3.30. The lowest BCUT2D eigenvalue weighted by Gasteiger charge is -2.05. The number of fused-ring (bicyclic) bond motifs is 5. The van der Waals surface area contributed by atoms with E-state index in [4.69, 9.17) is 0 Å². The smallest absolute Gasteiger partial charge is 0.0355 e. The van der Waals surface area contributed by atoms with Gasteiger partial charge in [0, 0.05) is 14.3 Å². The molecule has 0 bridgehead atoms. The Morgan fingerprint density at radius 1 is 0.630 bits per heavy atom. The minimum absolute atomic E-state index is 1.31. The number of benzene rings is 4. The molecule has 128 valence electrons. The quantitative estimate of drug-likeness (QED) is 0.251. The van der Waals surface area contributed by atoms with Crippen molar-refractivity contribution in [1.82, 2.24) is 0 Å². The van der Waals surface area contributed by atoms with E-state index in [0.717, 1.165) is 0 Å². The van der Waals surface area contributed by atoms with Gasteiger partial charge in [0.05, 0.1) is 0 Å². The summed E-state index contributed by atoms with van der Waals surface area (Å²) in [6, 6.07) is 27.3. The van der Waals surface area contributed by atoms with E-state index in [9.17, 15) is 0 Å². The predicted octanol–water partition coefficient (Wildman–Crippen LogP) is 8.40. The van der Waals surface area contributed by atoms with Crippen LogP contribution < -0.4 is 0 Å². The first-order valence-corrected chi connectivity index (χ1v) is 10.8. The van der Waals surface area contributed by atoms with E-state index in [1.165, 1.54) is 57.7 Å². The number of rotatable bonds is 1. The second-order valence-electron chi connectivity index (χ2n) is 7.19. The van der Waals surface area contributed by atoms with Crippen LogP contribution in [0.5, 0.6) is 0 Å². The molecule has 0 spiro atoms. The summed E-state index contributed by atoms with van der Waals surface area (Å²) in [6.07, 6.45) is 0. The van der Waals surface area contributed by atoms with Crippen LogP contribution in [0.15, 0.2) is 78.2 Å². The van der Waals surface area contributed by atoms with Gasteiger partial charge in [-0.15, -0.1) is 22.7 Å². The fraction of sp³-hybridized carbons (Fsp3) is 0.0400. The third-order valence-electron chi connectivity index (χ3n) is 5.35. The monoisotopic (exact) mass is 380 g/mol. The van der Waals surface area contributed by atoms with Crippen molar-refractivity contribution in [3.8, 4) is 10.4 Å². The highest BCUT2D eigenvalue weighted by atomic mass is 32.1. The van der Waals surface area contributed by atoms with Crippen molar-refractivity contribution in [3.05, 3.63) is 83.7 Å². The van der Waals surface area contributed by atoms with Crippen LogP contribution in [-0.2, 0) is 0 Å². The van der Waals surface area contributed by atoms with Crippen LogP contribution in [0.25, 0.3) is 52.2 Å². The maximum Gasteiger partial charge on any atom is 0.0355 e. The minimum atomic E-state index is 1.31. The lowest BCUT2D eigenvalue weighted by Crippen LogP contribution is -1.78. The van der Waals surface area contributed by atoms with Crippen molar-refractivity contribution < 1.29 is 0 Å². The Morgan fingerprint density at radius 2 is 1.41 bits per heavy atom. The van der Waals surface area contributed by atoms with E-state index in [-0.39, 0.29) is 0 Å². The molecule has 0 aliphatic heterocycles. The van der Waals surface area contributed by atoms with Gasteiger partial charge in [0.1, 0.15) is 0 Å². The molecule has 0 aliphatic carbocycles.